The van der Waals surface area contributed by atoms with Crippen LogP contribution >= 0.6 is 0 Å². The van der Waals surface area contributed by atoms with E-state index in [1.807, 2.05) is 55.5 Å². The van der Waals surface area contributed by atoms with Crippen molar-refractivity contribution < 1.29 is 9.53 Å². The monoisotopic (exact) mass is 284 g/mol. The van der Waals surface area contributed by atoms with Crippen molar-refractivity contribution >= 4 is 11.6 Å². The van der Waals surface area contributed by atoms with E-state index in [2.05, 4.69) is 0 Å². The third kappa shape index (κ3) is 3.83. The normalized spacial score (nSPS) is 10.2. The molecule has 0 aromatic heterocycles. The predicted molar refractivity (Wildman–Crippen MR) is 84.4 cm³/mol. The van der Waals surface area contributed by atoms with Crippen molar-refractivity contribution in [2.45, 2.75) is 13.5 Å². The number of hydrogen-bond acceptors (Lipinski definition) is 3. The minimum atomic E-state index is -0.106. The second-order valence-electron chi connectivity index (χ2n) is 4.89. The molecule has 0 bridgehead atoms. The van der Waals surface area contributed by atoms with Crippen LogP contribution in [0.4, 0.5) is 5.69 Å². The van der Waals surface area contributed by atoms with Gasteiger partial charge in [0.05, 0.1) is 0 Å². The van der Waals surface area contributed by atoms with Crippen molar-refractivity contribution in [2.24, 2.45) is 5.73 Å². The van der Waals surface area contributed by atoms with E-state index in [1.165, 1.54) is 0 Å². The highest BCUT2D eigenvalue weighted by molar-refractivity contribution is 5.93. The van der Waals surface area contributed by atoms with Crippen LogP contribution in [0.3, 0.4) is 0 Å². The van der Waals surface area contributed by atoms with Gasteiger partial charge in [0.15, 0.2) is 6.61 Å². The van der Waals surface area contributed by atoms with Gasteiger partial charge < -0.3 is 15.4 Å². The van der Waals surface area contributed by atoms with Gasteiger partial charge in [0, 0.05) is 24.8 Å². The van der Waals surface area contributed by atoms with Crippen molar-refractivity contribution in [3.63, 3.8) is 0 Å². The molecule has 2 aromatic carbocycles. The summed E-state index contributed by atoms with van der Waals surface area (Å²) in [4.78, 5) is 13.8. The Hall–Kier alpha value is -2.33. The molecular weight excluding hydrogens is 264 g/mol. The summed E-state index contributed by atoms with van der Waals surface area (Å²) in [6, 6.07) is 15.3. The quantitative estimate of drug-likeness (QED) is 0.917. The predicted octanol–water partition coefficient (Wildman–Crippen LogP) is 2.50. The molecule has 0 fully saturated rings. The number of amides is 1. The Labute approximate surface area is 125 Å². The molecule has 0 atom stereocenters. The fourth-order valence-electron chi connectivity index (χ4n) is 1.96. The Kier molecular flexibility index (Phi) is 4.95. The summed E-state index contributed by atoms with van der Waals surface area (Å²) in [5.41, 5.74) is 8.55. The molecule has 0 aliphatic carbocycles. The van der Waals surface area contributed by atoms with Crippen LogP contribution in [0.25, 0.3) is 0 Å². The van der Waals surface area contributed by atoms with Gasteiger partial charge in [0.25, 0.3) is 5.91 Å². The summed E-state index contributed by atoms with van der Waals surface area (Å²) in [5, 5.41) is 0. The molecule has 1 amide bonds. The maximum Gasteiger partial charge on any atom is 0.264 e. The minimum Gasteiger partial charge on any atom is -0.483 e. The van der Waals surface area contributed by atoms with Crippen molar-refractivity contribution in [1.29, 1.82) is 0 Å². The van der Waals surface area contributed by atoms with Gasteiger partial charge >= 0.3 is 0 Å². The first-order valence-electron chi connectivity index (χ1n) is 6.86. The lowest BCUT2D eigenvalue weighted by Crippen LogP contribution is -2.31. The molecule has 4 heteroatoms. The van der Waals surface area contributed by atoms with E-state index in [9.17, 15) is 4.79 Å². The third-order valence-electron chi connectivity index (χ3n) is 3.34. The van der Waals surface area contributed by atoms with Crippen molar-refractivity contribution in [3.8, 4) is 5.75 Å². The van der Waals surface area contributed by atoms with Crippen molar-refractivity contribution in [3.05, 3.63) is 59.7 Å². The molecule has 2 aromatic rings. The zero-order valence-electron chi connectivity index (χ0n) is 12.4. The van der Waals surface area contributed by atoms with E-state index in [1.54, 1.807) is 11.9 Å². The highest BCUT2D eigenvalue weighted by Crippen LogP contribution is 2.18. The average molecular weight is 284 g/mol. The minimum absolute atomic E-state index is 0.0125. The van der Waals surface area contributed by atoms with E-state index in [4.69, 9.17) is 10.5 Å². The van der Waals surface area contributed by atoms with Gasteiger partial charge in [0.2, 0.25) is 0 Å². The number of nitrogens with zero attached hydrogens (tertiary/aromatic N) is 1. The summed E-state index contributed by atoms with van der Waals surface area (Å²) in [7, 11) is 1.74. The SMILES string of the molecule is Cc1ccc(N(C)C(=O)COc2ccccc2CN)cc1. The molecule has 0 radical (unpaired) electrons. The number of nitrogens with two attached hydrogens (primary N) is 1. The van der Waals surface area contributed by atoms with Crippen molar-refractivity contribution in [1.82, 2.24) is 0 Å². The Bertz CT molecular complexity index is 608. The molecule has 0 saturated carbocycles. The lowest BCUT2D eigenvalue weighted by molar-refractivity contribution is -0.120. The van der Waals surface area contributed by atoms with Gasteiger partial charge in [0.1, 0.15) is 5.75 Å². The number of likely N-dealkylation sites (N-methyl/N-ethyl adjacent to an activating group) is 1. The summed E-state index contributed by atoms with van der Waals surface area (Å²) < 4.78 is 5.58. The van der Waals surface area contributed by atoms with Crippen LogP contribution in [0.1, 0.15) is 11.1 Å². The number of aryl methyl sites for hydroxylation is 1. The van der Waals surface area contributed by atoms with Crippen LogP contribution in [0.15, 0.2) is 48.5 Å². The van der Waals surface area contributed by atoms with E-state index in [-0.39, 0.29) is 12.5 Å². The van der Waals surface area contributed by atoms with Crippen LogP contribution < -0.4 is 15.4 Å². The summed E-state index contributed by atoms with van der Waals surface area (Å²) in [6.07, 6.45) is 0. The zero-order chi connectivity index (χ0) is 15.2. The topological polar surface area (TPSA) is 55.6 Å². The molecule has 4 nitrogen and oxygen atoms in total. The number of rotatable bonds is 5. The Morgan fingerprint density at radius 3 is 2.48 bits per heavy atom. The van der Waals surface area contributed by atoms with E-state index in [0.717, 1.165) is 16.8 Å². The van der Waals surface area contributed by atoms with Gasteiger partial charge in [-0.1, -0.05) is 35.9 Å². The van der Waals surface area contributed by atoms with Crippen LogP contribution in [0, 0.1) is 6.92 Å². The second kappa shape index (κ2) is 6.90. The molecule has 0 aliphatic rings. The van der Waals surface area contributed by atoms with Gasteiger partial charge in [-0.25, -0.2) is 0 Å². The molecule has 0 heterocycles. The molecule has 110 valence electrons. The Morgan fingerprint density at radius 2 is 1.81 bits per heavy atom. The van der Waals surface area contributed by atoms with Crippen LogP contribution in [0.2, 0.25) is 0 Å². The third-order valence-corrected chi connectivity index (χ3v) is 3.34. The first kappa shape index (κ1) is 15.1. The van der Waals surface area contributed by atoms with Gasteiger partial charge in [-0.2, -0.15) is 0 Å². The standard InChI is InChI=1S/C17H20N2O2/c1-13-7-9-15(10-8-13)19(2)17(20)12-21-16-6-4-3-5-14(16)11-18/h3-10H,11-12,18H2,1-2H3. The van der Waals surface area contributed by atoms with Crippen LogP contribution in [-0.4, -0.2) is 19.6 Å². The first-order chi connectivity index (χ1) is 10.1. The van der Waals surface area contributed by atoms with E-state index < -0.39 is 0 Å². The fraction of sp³-hybridized carbons (Fsp3) is 0.235. The average Bonchev–Trinajstić information content (AvgIpc) is 2.52. The Morgan fingerprint density at radius 1 is 1.14 bits per heavy atom. The molecule has 0 saturated heterocycles. The lowest BCUT2D eigenvalue weighted by Gasteiger charge is -2.18. The zero-order valence-corrected chi connectivity index (χ0v) is 12.4. The number of anilines is 1. The maximum absolute atomic E-state index is 12.2. The van der Waals surface area contributed by atoms with Crippen LogP contribution in [-0.2, 0) is 11.3 Å². The number of carbonyl (C=O) groups excluding carboxylic acids is 1. The maximum atomic E-state index is 12.2. The largest absolute Gasteiger partial charge is 0.483 e. The molecule has 0 aliphatic heterocycles. The van der Waals surface area contributed by atoms with E-state index in [0.29, 0.717) is 12.3 Å². The molecule has 0 spiro atoms. The number of ether oxygens (including phenoxy) is 1. The Balaban J connectivity index is 1.99. The highest BCUT2D eigenvalue weighted by Gasteiger charge is 2.12. The molecule has 2 N–H and O–H groups in total. The number of para-hydroxylation sites is 1. The van der Waals surface area contributed by atoms with E-state index >= 15 is 0 Å². The lowest BCUT2D eigenvalue weighted by atomic mass is 10.2. The highest BCUT2D eigenvalue weighted by atomic mass is 16.5. The van der Waals surface area contributed by atoms with Gasteiger partial charge in [-0.15, -0.1) is 0 Å². The first-order valence-corrected chi connectivity index (χ1v) is 6.86. The summed E-state index contributed by atoms with van der Waals surface area (Å²) in [5.74, 6) is 0.552. The number of hydrogen-bond donors (Lipinski definition) is 1. The van der Waals surface area contributed by atoms with Gasteiger partial charge in [-0.3, -0.25) is 4.79 Å². The smallest absolute Gasteiger partial charge is 0.264 e. The fourth-order valence-corrected chi connectivity index (χ4v) is 1.96. The van der Waals surface area contributed by atoms with Crippen molar-refractivity contribution in [2.75, 3.05) is 18.6 Å². The molecule has 0 unspecified atom stereocenters. The van der Waals surface area contributed by atoms with Gasteiger partial charge in [-0.05, 0) is 25.1 Å². The summed E-state index contributed by atoms with van der Waals surface area (Å²) >= 11 is 0. The number of carbonyl (C=O) groups is 1. The van der Waals surface area contributed by atoms with Crippen LogP contribution in [0.5, 0.6) is 5.75 Å². The molecular formula is C17H20N2O2. The molecule has 2 rings (SSSR count). The summed E-state index contributed by atoms with van der Waals surface area (Å²) in [6.45, 7) is 2.39. The molecule has 21 heavy (non-hydrogen) atoms. The second-order valence-corrected chi connectivity index (χ2v) is 4.89. The number of benzene rings is 2.